The smallest absolute Gasteiger partial charge is 0.244 e. The van der Waals surface area contributed by atoms with E-state index in [1.165, 1.54) is 17.0 Å². The fourth-order valence-electron chi connectivity index (χ4n) is 4.05. The summed E-state index contributed by atoms with van der Waals surface area (Å²) >= 11 is 0. The number of hydrogen-bond acceptors (Lipinski definition) is 5. The van der Waals surface area contributed by atoms with E-state index in [9.17, 15) is 13.2 Å². The number of ether oxygens (including phenoxy) is 2. The summed E-state index contributed by atoms with van der Waals surface area (Å²) in [7, 11) is -0.741. The SMILES string of the molecule is COc1cccc2c1O[C@]1(C)C[C@H]2[C@H](S(=O)(=O)c2ccccc2)C(=O)N1C. The van der Waals surface area contributed by atoms with E-state index in [0.717, 1.165) is 0 Å². The van der Waals surface area contributed by atoms with E-state index in [2.05, 4.69) is 0 Å². The van der Waals surface area contributed by atoms with Crippen molar-refractivity contribution in [2.24, 2.45) is 0 Å². The minimum Gasteiger partial charge on any atom is -0.493 e. The summed E-state index contributed by atoms with van der Waals surface area (Å²) in [4.78, 5) is 14.7. The van der Waals surface area contributed by atoms with Gasteiger partial charge in [0.05, 0.1) is 12.0 Å². The first-order valence-corrected chi connectivity index (χ1v) is 10.3. The molecule has 2 aromatic rings. The van der Waals surface area contributed by atoms with Crippen LogP contribution in [0.5, 0.6) is 11.5 Å². The van der Waals surface area contributed by atoms with Crippen LogP contribution in [0.25, 0.3) is 0 Å². The minimum absolute atomic E-state index is 0.149. The van der Waals surface area contributed by atoms with Crippen molar-refractivity contribution in [3.05, 3.63) is 54.1 Å². The summed E-state index contributed by atoms with van der Waals surface area (Å²) in [5, 5.41) is -1.20. The molecule has 7 heteroatoms. The predicted molar refractivity (Wildman–Crippen MR) is 99.6 cm³/mol. The van der Waals surface area contributed by atoms with E-state index in [1.54, 1.807) is 51.4 Å². The van der Waals surface area contributed by atoms with Crippen LogP contribution in [-0.2, 0) is 14.6 Å². The largest absolute Gasteiger partial charge is 0.493 e. The highest BCUT2D eigenvalue weighted by Gasteiger charge is 2.57. The zero-order valence-corrected chi connectivity index (χ0v) is 16.2. The molecule has 4 rings (SSSR count). The lowest BCUT2D eigenvalue weighted by Crippen LogP contribution is -2.64. The number of piperidine rings is 1. The van der Waals surface area contributed by atoms with Gasteiger partial charge in [0.1, 0.15) is 0 Å². The number of carbonyl (C=O) groups excluding carboxylic acids is 1. The molecule has 0 unspecified atom stereocenters. The minimum atomic E-state index is -3.87. The second kappa shape index (κ2) is 5.99. The third-order valence-electron chi connectivity index (χ3n) is 5.60. The molecule has 1 fully saturated rings. The molecule has 6 nitrogen and oxygen atoms in total. The molecule has 0 radical (unpaired) electrons. The zero-order chi connectivity index (χ0) is 19.4. The molecule has 0 aliphatic carbocycles. The van der Waals surface area contributed by atoms with E-state index in [-0.39, 0.29) is 4.90 Å². The Morgan fingerprint density at radius 3 is 2.52 bits per heavy atom. The van der Waals surface area contributed by atoms with E-state index < -0.39 is 32.6 Å². The monoisotopic (exact) mass is 387 g/mol. The summed E-state index contributed by atoms with van der Waals surface area (Å²) in [6, 6.07) is 13.5. The first-order valence-electron chi connectivity index (χ1n) is 8.72. The summed E-state index contributed by atoms with van der Waals surface area (Å²) in [6.45, 7) is 1.80. The van der Waals surface area contributed by atoms with Crippen molar-refractivity contribution in [2.75, 3.05) is 14.2 Å². The van der Waals surface area contributed by atoms with Crippen molar-refractivity contribution in [2.45, 2.75) is 35.1 Å². The molecule has 2 aliphatic rings. The van der Waals surface area contributed by atoms with Gasteiger partial charge in [-0.1, -0.05) is 30.3 Å². The van der Waals surface area contributed by atoms with Crippen LogP contribution in [0.15, 0.2) is 53.4 Å². The second-order valence-corrected chi connectivity index (χ2v) is 9.21. The Bertz CT molecular complexity index is 1000. The Labute approximate surface area is 158 Å². The predicted octanol–water partition coefficient (Wildman–Crippen LogP) is 2.59. The van der Waals surface area contributed by atoms with Crippen LogP contribution in [0.3, 0.4) is 0 Å². The van der Waals surface area contributed by atoms with Gasteiger partial charge < -0.3 is 14.4 Å². The highest BCUT2D eigenvalue weighted by atomic mass is 32.2. The van der Waals surface area contributed by atoms with Crippen LogP contribution >= 0.6 is 0 Å². The number of nitrogens with zero attached hydrogens (tertiary/aromatic N) is 1. The first kappa shape index (κ1) is 17.9. The molecule has 2 heterocycles. The molecular formula is C20H21NO5S. The second-order valence-electron chi connectivity index (χ2n) is 7.14. The Morgan fingerprint density at radius 1 is 1.15 bits per heavy atom. The van der Waals surface area contributed by atoms with E-state index >= 15 is 0 Å². The molecule has 0 spiro atoms. The van der Waals surface area contributed by atoms with Gasteiger partial charge in [0.15, 0.2) is 32.3 Å². The van der Waals surface area contributed by atoms with Gasteiger partial charge in [0.2, 0.25) is 5.91 Å². The van der Waals surface area contributed by atoms with Crippen LogP contribution < -0.4 is 9.47 Å². The van der Waals surface area contributed by atoms with Gasteiger partial charge in [0.25, 0.3) is 0 Å². The number of methoxy groups -OCH3 is 1. The van der Waals surface area contributed by atoms with Crippen molar-refractivity contribution >= 4 is 15.7 Å². The number of amides is 1. The van der Waals surface area contributed by atoms with Crippen molar-refractivity contribution in [3.63, 3.8) is 0 Å². The highest BCUT2D eigenvalue weighted by molar-refractivity contribution is 7.92. The summed E-state index contributed by atoms with van der Waals surface area (Å²) in [6.07, 6.45) is 0.395. The van der Waals surface area contributed by atoms with Crippen molar-refractivity contribution in [1.29, 1.82) is 0 Å². The van der Waals surface area contributed by atoms with Crippen molar-refractivity contribution < 1.29 is 22.7 Å². The summed E-state index contributed by atoms with van der Waals surface area (Å²) in [5.41, 5.74) is -0.232. The van der Waals surface area contributed by atoms with Crippen LogP contribution in [0.1, 0.15) is 24.8 Å². The van der Waals surface area contributed by atoms with E-state index in [0.29, 0.717) is 23.5 Å². The molecule has 2 aromatic carbocycles. The lowest BCUT2D eigenvalue weighted by atomic mass is 9.80. The Balaban J connectivity index is 1.93. The van der Waals surface area contributed by atoms with Crippen molar-refractivity contribution in [1.82, 2.24) is 4.90 Å². The molecular weight excluding hydrogens is 366 g/mol. The number of sulfone groups is 1. The third-order valence-corrected chi connectivity index (χ3v) is 7.73. The third kappa shape index (κ3) is 2.52. The maximum Gasteiger partial charge on any atom is 0.244 e. The number of rotatable bonds is 3. The van der Waals surface area contributed by atoms with Gasteiger partial charge in [-0.3, -0.25) is 4.79 Å². The first-order chi connectivity index (χ1) is 12.8. The summed E-state index contributed by atoms with van der Waals surface area (Å²) in [5.74, 6) is 0.0715. The van der Waals surface area contributed by atoms with Gasteiger partial charge in [-0.15, -0.1) is 0 Å². The van der Waals surface area contributed by atoms with Crippen LogP contribution in [0.2, 0.25) is 0 Å². The fourth-order valence-corrected chi connectivity index (χ4v) is 5.98. The lowest BCUT2D eigenvalue weighted by Gasteiger charge is -2.51. The number of benzene rings is 2. The molecule has 0 aromatic heterocycles. The highest BCUT2D eigenvalue weighted by Crippen LogP contribution is 2.52. The average molecular weight is 387 g/mol. The lowest BCUT2D eigenvalue weighted by molar-refractivity contribution is -0.160. The zero-order valence-electron chi connectivity index (χ0n) is 15.4. The topological polar surface area (TPSA) is 72.9 Å². The summed E-state index contributed by atoms with van der Waals surface area (Å²) < 4.78 is 38.3. The van der Waals surface area contributed by atoms with Gasteiger partial charge in [-0.25, -0.2) is 8.42 Å². The standard InChI is InChI=1S/C20H21NO5S/c1-20-12-15(14-10-7-11-16(25-3)17(14)26-20)18(19(22)21(20)2)27(23,24)13-8-5-4-6-9-13/h4-11,15,18H,12H2,1-3H3/t15-,18+,20-/m1/s1. The molecule has 2 bridgehead atoms. The molecule has 0 N–H and O–H groups in total. The van der Waals surface area contributed by atoms with Crippen LogP contribution in [-0.4, -0.2) is 44.4 Å². The Kier molecular flexibility index (Phi) is 3.96. The normalized spacial score (nSPS) is 26.9. The Morgan fingerprint density at radius 2 is 1.85 bits per heavy atom. The molecule has 1 amide bonds. The molecule has 1 saturated heterocycles. The van der Waals surface area contributed by atoms with Gasteiger partial charge in [-0.05, 0) is 25.1 Å². The van der Waals surface area contributed by atoms with E-state index in [1.807, 2.05) is 6.07 Å². The molecule has 27 heavy (non-hydrogen) atoms. The van der Waals surface area contributed by atoms with Gasteiger partial charge in [-0.2, -0.15) is 0 Å². The maximum atomic E-state index is 13.4. The van der Waals surface area contributed by atoms with Crippen LogP contribution in [0, 0.1) is 0 Å². The number of likely N-dealkylation sites (tertiary alicyclic amines) is 1. The maximum absolute atomic E-state index is 13.4. The number of fused-ring (bicyclic) bond motifs is 4. The van der Waals surface area contributed by atoms with Gasteiger partial charge >= 0.3 is 0 Å². The Hall–Kier alpha value is -2.54. The molecule has 0 saturated carbocycles. The number of para-hydroxylation sites is 1. The van der Waals surface area contributed by atoms with Gasteiger partial charge in [0, 0.05) is 24.9 Å². The molecule has 2 aliphatic heterocycles. The fraction of sp³-hybridized carbons (Fsp3) is 0.350. The van der Waals surface area contributed by atoms with Crippen molar-refractivity contribution in [3.8, 4) is 11.5 Å². The number of carbonyl (C=O) groups is 1. The molecule has 142 valence electrons. The van der Waals surface area contributed by atoms with Crippen LogP contribution in [0.4, 0.5) is 0 Å². The van der Waals surface area contributed by atoms with E-state index in [4.69, 9.17) is 9.47 Å². The molecule has 3 atom stereocenters. The number of hydrogen-bond donors (Lipinski definition) is 0. The quantitative estimate of drug-likeness (QED) is 0.809. The average Bonchev–Trinajstić information content (AvgIpc) is 2.66.